The predicted molar refractivity (Wildman–Crippen MR) is 134 cm³/mol. The summed E-state index contributed by atoms with van der Waals surface area (Å²) in [7, 11) is 1.58. The van der Waals surface area contributed by atoms with Crippen LogP contribution in [0.5, 0.6) is 5.75 Å². The van der Waals surface area contributed by atoms with Crippen LogP contribution in [-0.4, -0.2) is 22.9 Å². The smallest absolute Gasteiger partial charge is 0.257 e. The molecule has 35 heavy (non-hydrogen) atoms. The maximum atomic E-state index is 13.5. The first-order valence-corrected chi connectivity index (χ1v) is 12.4. The van der Waals surface area contributed by atoms with Crippen molar-refractivity contribution in [2.45, 2.75) is 43.5 Å². The Balaban J connectivity index is 1.60. The summed E-state index contributed by atoms with van der Waals surface area (Å²) in [5.74, 6) is 0.754. The summed E-state index contributed by atoms with van der Waals surface area (Å²) in [6.45, 7) is 4.14. The molecule has 2 heterocycles. The Morgan fingerprint density at radius 2 is 1.86 bits per heavy atom. The molecule has 1 atom stereocenters. The topological polar surface area (TPSA) is 84.1 Å². The molecule has 0 fully saturated rings. The Labute approximate surface area is 207 Å². The van der Waals surface area contributed by atoms with E-state index in [2.05, 4.69) is 24.1 Å². The molecule has 8 heteroatoms. The van der Waals surface area contributed by atoms with Gasteiger partial charge in [0.05, 0.1) is 18.6 Å². The summed E-state index contributed by atoms with van der Waals surface area (Å²) >= 11 is 1.36. The molecule has 1 aliphatic carbocycles. The zero-order chi connectivity index (χ0) is 24.7. The van der Waals surface area contributed by atoms with E-state index in [0.29, 0.717) is 46.5 Å². The number of carbonyl (C=O) groups is 1. The van der Waals surface area contributed by atoms with Crippen molar-refractivity contribution in [3.63, 3.8) is 0 Å². The van der Waals surface area contributed by atoms with Crippen LogP contribution in [0.2, 0.25) is 0 Å². The standard InChI is InChI=1S/C27H26FN3O3S/c1-27(2)12-18-22(19(32)13-27)21(17-6-4-5-7-20(17)34-3)23-24(29-18)30-26(31-25(23)33)35-14-15-8-10-16(28)11-9-15/h4-11,21H,12-14H2,1-3H3,(H2,29,30,31,33)/t21-/m0/s1. The average molecular weight is 492 g/mol. The van der Waals surface area contributed by atoms with Gasteiger partial charge in [-0.25, -0.2) is 9.37 Å². The Morgan fingerprint density at radius 3 is 2.60 bits per heavy atom. The number of anilines is 1. The van der Waals surface area contributed by atoms with Crippen LogP contribution in [0.3, 0.4) is 0 Å². The number of ether oxygens (including phenoxy) is 1. The minimum absolute atomic E-state index is 0.0273. The molecule has 2 N–H and O–H groups in total. The number of carbonyl (C=O) groups excluding carboxylic acids is 1. The molecule has 6 nitrogen and oxygen atoms in total. The van der Waals surface area contributed by atoms with Crippen LogP contribution < -0.4 is 15.6 Å². The largest absolute Gasteiger partial charge is 0.496 e. The number of methoxy groups -OCH3 is 1. The van der Waals surface area contributed by atoms with Crippen LogP contribution in [0.25, 0.3) is 0 Å². The number of aromatic nitrogens is 2. The molecule has 5 rings (SSSR count). The molecule has 1 aliphatic heterocycles. The lowest BCUT2D eigenvalue weighted by atomic mass is 9.69. The number of hydrogen-bond donors (Lipinski definition) is 2. The Bertz CT molecular complexity index is 1400. The zero-order valence-corrected chi connectivity index (χ0v) is 20.6. The van der Waals surface area contributed by atoms with E-state index in [1.807, 2.05) is 24.3 Å². The van der Waals surface area contributed by atoms with Crippen molar-refractivity contribution in [3.8, 4) is 5.75 Å². The molecule has 1 aromatic heterocycles. The molecular formula is C27H26FN3O3S. The number of fused-ring (bicyclic) bond motifs is 1. The number of Topliss-reactive ketones (excluding diaryl/α,β-unsaturated/α-hetero) is 1. The van der Waals surface area contributed by atoms with Gasteiger partial charge >= 0.3 is 0 Å². The van der Waals surface area contributed by atoms with E-state index in [0.717, 1.165) is 16.8 Å². The number of aromatic amines is 1. The van der Waals surface area contributed by atoms with E-state index in [-0.39, 0.29) is 22.6 Å². The molecule has 180 valence electrons. The molecule has 0 bridgehead atoms. The molecule has 0 saturated carbocycles. The SMILES string of the molecule is COc1ccccc1[C@H]1C2=C(CC(C)(C)CC2=O)Nc2nc(SCc3ccc(F)cc3)[nH]c(=O)c21. The minimum atomic E-state index is -0.576. The lowest BCUT2D eigenvalue weighted by molar-refractivity contribution is -0.118. The lowest BCUT2D eigenvalue weighted by Gasteiger charge is -2.38. The molecule has 2 aliphatic rings. The van der Waals surface area contributed by atoms with E-state index in [4.69, 9.17) is 9.72 Å². The highest BCUT2D eigenvalue weighted by Crippen LogP contribution is 2.49. The molecule has 2 aromatic carbocycles. The average Bonchev–Trinajstić information content (AvgIpc) is 2.81. The van der Waals surface area contributed by atoms with Crippen LogP contribution in [0.4, 0.5) is 10.2 Å². The highest BCUT2D eigenvalue weighted by Gasteiger charge is 2.43. The second-order valence-corrected chi connectivity index (χ2v) is 10.6. The number of H-pyrrole nitrogens is 1. The number of rotatable bonds is 5. The summed E-state index contributed by atoms with van der Waals surface area (Å²) in [5.41, 5.74) is 3.01. The van der Waals surface area contributed by atoms with E-state index in [9.17, 15) is 14.0 Å². The van der Waals surface area contributed by atoms with Gasteiger partial charge in [0.15, 0.2) is 10.9 Å². The first-order valence-electron chi connectivity index (χ1n) is 11.4. The number of para-hydroxylation sites is 1. The number of allylic oxidation sites excluding steroid dienone is 2. The van der Waals surface area contributed by atoms with Gasteiger partial charge < -0.3 is 15.0 Å². The molecule has 0 spiro atoms. The van der Waals surface area contributed by atoms with Crippen molar-refractivity contribution in [2.24, 2.45) is 5.41 Å². The van der Waals surface area contributed by atoms with Crippen molar-refractivity contribution in [3.05, 3.63) is 92.7 Å². The van der Waals surface area contributed by atoms with Gasteiger partial charge in [-0.15, -0.1) is 0 Å². The van der Waals surface area contributed by atoms with Gasteiger partial charge in [-0.1, -0.05) is 55.9 Å². The predicted octanol–water partition coefficient (Wildman–Crippen LogP) is 5.41. The van der Waals surface area contributed by atoms with Gasteiger partial charge in [0, 0.05) is 29.0 Å². The summed E-state index contributed by atoms with van der Waals surface area (Å²) in [6, 6.07) is 13.7. The van der Waals surface area contributed by atoms with Crippen molar-refractivity contribution in [1.29, 1.82) is 0 Å². The number of thioether (sulfide) groups is 1. The summed E-state index contributed by atoms with van der Waals surface area (Å²) in [4.78, 5) is 34.5. The van der Waals surface area contributed by atoms with Crippen LogP contribution in [-0.2, 0) is 10.5 Å². The highest BCUT2D eigenvalue weighted by molar-refractivity contribution is 7.98. The number of benzene rings is 2. The first kappa shape index (κ1) is 23.4. The molecule has 0 amide bonds. The Kier molecular flexibility index (Phi) is 6.01. The fourth-order valence-electron chi connectivity index (χ4n) is 4.91. The van der Waals surface area contributed by atoms with Crippen molar-refractivity contribution in [2.75, 3.05) is 12.4 Å². The summed E-state index contributed by atoms with van der Waals surface area (Å²) < 4.78 is 18.8. The van der Waals surface area contributed by atoms with Crippen LogP contribution in [0.15, 0.2) is 69.8 Å². The minimum Gasteiger partial charge on any atom is -0.496 e. The van der Waals surface area contributed by atoms with Gasteiger partial charge in [0.1, 0.15) is 17.4 Å². The number of ketones is 1. The van der Waals surface area contributed by atoms with Gasteiger partial charge in [0.25, 0.3) is 5.56 Å². The Morgan fingerprint density at radius 1 is 1.11 bits per heavy atom. The van der Waals surface area contributed by atoms with Gasteiger partial charge in [-0.05, 0) is 35.6 Å². The maximum absolute atomic E-state index is 13.5. The van der Waals surface area contributed by atoms with Gasteiger partial charge in [0.2, 0.25) is 0 Å². The number of hydrogen-bond acceptors (Lipinski definition) is 6. The molecular weight excluding hydrogens is 465 g/mol. The molecule has 0 saturated heterocycles. The van der Waals surface area contributed by atoms with E-state index >= 15 is 0 Å². The van der Waals surface area contributed by atoms with E-state index in [1.54, 1.807) is 19.2 Å². The first-order chi connectivity index (χ1) is 16.8. The number of nitrogens with zero attached hydrogens (tertiary/aromatic N) is 1. The zero-order valence-electron chi connectivity index (χ0n) is 19.8. The maximum Gasteiger partial charge on any atom is 0.257 e. The van der Waals surface area contributed by atoms with Gasteiger partial charge in [-0.2, -0.15) is 0 Å². The quantitative estimate of drug-likeness (QED) is 0.367. The highest BCUT2D eigenvalue weighted by atomic mass is 32.2. The molecule has 0 unspecified atom stereocenters. The third-order valence-electron chi connectivity index (χ3n) is 6.44. The normalized spacial score (nSPS) is 18.5. The second-order valence-electron chi connectivity index (χ2n) is 9.68. The lowest BCUT2D eigenvalue weighted by Crippen LogP contribution is -2.37. The third kappa shape index (κ3) is 4.50. The van der Waals surface area contributed by atoms with Crippen LogP contribution in [0, 0.1) is 11.2 Å². The van der Waals surface area contributed by atoms with Crippen molar-refractivity contribution < 1.29 is 13.9 Å². The van der Waals surface area contributed by atoms with E-state index in [1.165, 1.54) is 23.9 Å². The van der Waals surface area contributed by atoms with Crippen molar-refractivity contribution >= 4 is 23.4 Å². The monoisotopic (exact) mass is 491 g/mol. The van der Waals surface area contributed by atoms with Crippen LogP contribution in [0.1, 0.15) is 49.3 Å². The van der Waals surface area contributed by atoms with Crippen molar-refractivity contribution in [1.82, 2.24) is 9.97 Å². The molecule has 0 radical (unpaired) electrons. The number of nitrogens with one attached hydrogen (secondary N) is 2. The van der Waals surface area contributed by atoms with Crippen LogP contribution >= 0.6 is 11.8 Å². The van der Waals surface area contributed by atoms with E-state index < -0.39 is 5.92 Å². The third-order valence-corrected chi connectivity index (χ3v) is 7.38. The molecule has 3 aromatic rings. The number of halogens is 1. The van der Waals surface area contributed by atoms with Gasteiger partial charge in [-0.3, -0.25) is 9.59 Å². The summed E-state index contributed by atoms with van der Waals surface area (Å²) in [5, 5.41) is 3.79. The second kappa shape index (κ2) is 9.00. The summed E-state index contributed by atoms with van der Waals surface area (Å²) in [6.07, 6.45) is 1.08. The Hall–Kier alpha value is -3.39. The fraction of sp³-hybridized carbons (Fsp3) is 0.296. The fourth-order valence-corrected chi connectivity index (χ4v) is 5.73.